The third-order valence-electron chi connectivity index (χ3n) is 4.93. The molecule has 0 aromatic heterocycles. The molecule has 1 heterocycles. The molecule has 0 spiro atoms. The lowest BCUT2D eigenvalue weighted by molar-refractivity contribution is 0.0950. The molecule has 2 nitrogen and oxygen atoms in total. The van der Waals surface area contributed by atoms with Gasteiger partial charge in [-0.1, -0.05) is 49.7 Å². The predicted octanol–water partition coefficient (Wildman–Crippen LogP) is 4.10. The Labute approximate surface area is 127 Å². The van der Waals surface area contributed by atoms with Gasteiger partial charge in [-0.25, -0.2) is 0 Å². The first-order valence-electron chi connectivity index (χ1n) is 8.28. The Morgan fingerprint density at radius 1 is 1.14 bits per heavy atom. The van der Waals surface area contributed by atoms with E-state index in [2.05, 4.69) is 54.3 Å². The van der Waals surface area contributed by atoms with Crippen molar-refractivity contribution in [2.75, 3.05) is 13.1 Å². The van der Waals surface area contributed by atoms with E-state index < -0.39 is 0 Å². The van der Waals surface area contributed by atoms with Crippen LogP contribution in [-0.4, -0.2) is 24.0 Å². The average molecular weight is 282 g/mol. The van der Waals surface area contributed by atoms with Crippen molar-refractivity contribution >= 4 is 10.8 Å². The second kappa shape index (κ2) is 6.59. The lowest BCUT2D eigenvalue weighted by Gasteiger charge is -2.41. The number of nitrogens with two attached hydrogens (primary N) is 1. The van der Waals surface area contributed by atoms with Gasteiger partial charge in [-0.3, -0.25) is 4.90 Å². The van der Waals surface area contributed by atoms with E-state index in [-0.39, 0.29) is 0 Å². The van der Waals surface area contributed by atoms with Crippen LogP contribution in [0, 0.1) is 0 Å². The van der Waals surface area contributed by atoms with Crippen LogP contribution in [0.15, 0.2) is 42.5 Å². The van der Waals surface area contributed by atoms with Gasteiger partial charge in [-0.2, -0.15) is 0 Å². The SMILES string of the molecule is CCC1CCCCN1C(CN)c1ccc2ccccc2c1. The summed E-state index contributed by atoms with van der Waals surface area (Å²) in [6.07, 6.45) is 5.22. The van der Waals surface area contributed by atoms with Crippen molar-refractivity contribution in [3.63, 3.8) is 0 Å². The number of benzene rings is 2. The number of hydrogen-bond acceptors (Lipinski definition) is 2. The van der Waals surface area contributed by atoms with Crippen LogP contribution in [0.2, 0.25) is 0 Å². The van der Waals surface area contributed by atoms with E-state index in [1.54, 1.807) is 0 Å². The van der Waals surface area contributed by atoms with Crippen LogP contribution >= 0.6 is 0 Å². The van der Waals surface area contributed by atoms with E-state index >= 15 is 0 Å². The Hall–Kier alpha value is -1.38. The number of fused-ring (bicyclic) bond motifs is 1. The fourth-order valence-electron chi connectivity index (χ4n) is 3.75. The molecule has 1 saturated heterocycles. The molecule has 3 rings (SSSR count). The molecule has 0 radical (unpaired) electrons. The van der Waals surface area contributed by atoms with Crippen LogP contribution < -0.4 is 5.73 Å². The van der Waals surface area contributed by atoms with Gasteiger partial charge >= 0.3 is 0 Å². The maximum Gasteiger partial charge on any atom is 0.0473 e. The normalized spacial score (nSPS) is 21.5. The van der Waals surface area contributed by atoms with E-state index in [0.717, 1.165) is 0 Å². The molecule has 2 N–H and O–H groups in total. The van der Waals surface area contributed by atoms with Crippen molar-refractivity contribution < 1.29 is 0 Å². The van der Waals surface area contributed by atoms with E-state index in [0.29, 0.717) is 18.6 Å². The van der Waals surface area contributed by atoms with E-state index in [9.17, 15) is 0 Å². The maximum atomic E-state index is 6.15. The van der Waals surface area contributed by atoms with Gasteiger partial charge in [0.2, 0.25) is 0 Å². The van der Waals surface area contributed by atoms with E-state index in [1.165, 1.54) is 48.6 Å². The predicted molar refractivity (Wildman–Crippen MR) is 90.4 cm³/mol. The van der Waals surface area contributed by atoms with Gasteiger partial charge in [0.15, 0.2) is 0 Å². The van der Waals surface area contributed by atoms with E-state index in [1.807, 2.05) is 0 Å². The Kier molecular flexibility index (Phi) is 4.57. The van der Waals surface area contributed by atoms with Gasteiger partial charge in [0.25, 0.3) is 0 Å². The summed E-state index contributed by atoms with van der Waals surface area (Å²) in [7, 11) is 0. The smallest absolute Gasteiger partial charge is 0.0473 e. The maximum absolute atomic E-state index is 6.15. The van der Waals surface area contributed by atoms with Crippen molar-refractivity contribution in [1.29, 1.82) is 0 Å². The van der Waals surface area contributed by atoms with Gasteiger partial charge in [-0.15, -0.1) is 0 Å². The van der Waals surface area contributed by atoms with Crippen molar-refractivity contribution in [2.24, 2.45) is 5.73 Å². The second-order valence-electron chi connectivity index (χ2n) is 6.15. The minimum Gasteiger partial charge on any atom is -0.329 e. The lowest BCUT2D eigenvalue weighted by Crippen LogP contribution is -2.44. The largest absolute Gasteiger partial charge is 0.329 e. The van der Waals surface area contributed by atoms with Crippen LogP contribution in [0.4, 0.5) is 0 Å². The fourth-order valence-corrected chi connectivity index (χ4v) is 3.75. The summed E-state index contributed by atoms with van der Waals surface area (Å²) in [5.41, 5.74) is 7.53. The van der Waals surface area contributed by atoms with Gasteiger partial charge < -0.3 is 5.73 Å². The molecular weight excluding hydrogens is 256 g/mol. The molecule has 1 aliphatic heterocycles. The molecule has 0 amide bonds. The van der Waals surface area contributed by atoms with Crippen molar-refractivity contribution in [3.8, 4) is 0 Å². The first-order chi connectivity index (χ1) is 10.3. The minimum atomic E-state index is 0.361. The molecule has 2 aromatic carbocycles. The molecule has 1 aliphatic rings. The van der Waals surface area contributed by atoms with Crippen LogP contribution in [0.25, 0.3) is 10.8 Å². The summed E-state index contributed by atoms with van der Waals surface area (Å²) in [6.45, 7) is 4.19. The number of rotatable bonds is 4. The zero-order chi connectivity index (χ0) is 14.7. The first kappa shape index (κ1) is 14.6. The van der Waals surface area contributed by atoms with Crippen molar-refractivity contribution in [1.82, 2.24) is 4.90 Å². The standard InChI is InChI=1S/C19H26N2/c1-2-18-9-5-6-12-21(18)19(14-20)17-11-10-15-7-3-4-8-16(15)13-17/h3-4,7-8,10-11,13,18-19H,2,5-6,9,12,14,20H2,1H3. The quantitative estimate of drug-likeness (QED) is 0.914. The molecule has 2 unspecified atom stereocenters. The summed E-state index contributed by atoms with van der Waals surface area (Å²) in [6, 6.07) is 16.5. The molecule has 2 heteroatoms. The summed E-state index contributed by atoms with van der Waals surface area (Å²) < 4.78 is 0. The Bertz CT molecular complexity index is 593. The zero-order valence-corrected chi connectivity index (χ0v) is 13.0. The number of hydrogen-bond donors (Lipinski definition) is 1. The Morgan fingerprint density at radius 2 is 1.95 bits per heavy atom. The molecule has 2 aromatic rings. The number of piperidine rings is 1. The zero-order valence-electron chi connectivity index (χ0n) is 13.0. The summed E-state index contributed by atoms with van der Waals surface area (Å²) >= 11 is 0. The Morgan fingerprint density at radius 3 is 2.71 bits per heavy atom. The number of likely N-dealkylation sites (tertiary alicyclic amines) is 1. The first-order valence-corrected chi connectivity index (χ1v) is 8.28. The molecule has 0 bridgehead atoms. The lowest BCUT2D eigenvalue weighted by atomic mass is 9.94. The summed E-state index contributed by atoms with van der Waals surface area (Å²) in [5.74, 6) is 0. The van der Waals surface area contributed by atoms with Crippen LogP contribution in [0.1, 0.15) is 44.2 Å². The summed E-state index contributed by atoms with van der Waals surface area (Å²) in [5, 5.41) is 2.63. The van der Waals surface area contributed by atoms with Crippen LogP contribution in [-0.2, 0) is 0 Å². The second-order valence-corrected chi connectivity index (χ2v) is 6.15. The molecule has 2 atom stereocenters. The molecule has 0 saturated carbocycles. The average Bonchev–Trinajstić information content (AvgIpc) is 2.56. The highest BCUT2D eigenvalue weighted by Crippen LogP contribution is 2.30. The molecule has 1 fully saturated rings. The highest BCUT2D eigenvalue weighted by Gasteiger charge is 2.27. The van der Waals surface area contributed by atoms with Gasteiger partial charge in [0.05, 0.1) is 0 Å². The van der Waals surface area contributed by atoms with Crippen molar-refractivity contribution in [2.45, 2.75) is 44.7 Å². The van der Waals surface area contributed by atoms with Gasteiger partial charge in [-0.05, 0) is 48.2 Å². The molecule has 21 heavy (non-hydrogen) atoms. The molecule has 112 valence electrons. The van der Waals surface area contributed by atoms with Crippen LogP contribution in [0.5, 0.6) is 0 Å². The van der Waals surface area contributed by atoms with Crippen molar-refractivity contribution in [3.05, 3.63) is 48.0 Å². The fraction of sp³-hybridized carbons (Fsp3) is 0.474. The van der Waals surface area contributed by atoms with E-state index in [4.69, 9.17) is 5.73 Å². The molecular formula is C19H26N2. The van der Waals surface area contributed by atoms with Crippen LogP contribution in [0.3, 0.4) is 0 Å². The topological polar surface area (TPSA) is 29.3 Å². The van der Waals surface area contributed by atoms with Gasteiger partial charge in [0, 0.05) is 18.6 Å². The third kappa shape index (κ3) is 2.97. The molecule has 0 aliphatic carbocycles. The Balaban J connectivity index is 1.93. The monoisotopic (exact) mass is 282 g/mol. The highest BCUT2D eigenvalue weighted by atomic mass is 15.2. The minimum absolute atomic E-state index is 0.361. The highest BCUT2D eigenvalue weighted by molar-refractivity contribution is 5.83. The third-order valence-corrected chi connectivity index (χ3v) is 4.93. The number of nitrogens with zero attached hydrogens (tertiary/aromatic N) is 1. The summed E-state index contributed by atoms with van der Waals surface area (Å²) in [4.78, 5) is 2.65. The van der Waals surface area contributed by atoms with Gasteiger partial charge in [0.1, 0.15) is 0 Å².